The predicted octanol–water partition coefficient (Wildman–Crippen LogP) is 4.32. The van der Waals surface area contributed by atoms with Gasteiger partial charge in [0.1, 0.15) is 5.75 Å². The molecular weight excluding hydrogens is 217 g/mol. The molecule has 0 aromatic heterocycles. The number of rotatable bonds is 5. The third-order valence-corrected chi connectivity index (χ3v) is 2.20. The van der Waals surface area contributed by atoms with Crippen LogP contribution in [0.3, 0.4) is 0 Å². The van der Waals surface area contributed by atoms with E-state index in [-0.39, 0.29) is 5.75 Å². The van der Waals surface area contributed by atoms with Crippen LogP contribution < -0.4 is 4.74 Å². The Morgan fingerprint density at radius 2 is 1.94 bits per heavy atom. The Morgan fingerprint density at radius 3 is 2.56 bits per heavy atom. The standard InChI is InChI=1S/C12H15F3O/c1-2-3-4-6-10-7-5-8-11(9-10)16-12(13,14)15/h5,7-9H,2-4,6H2,1H3. The lowest BCUT2D eigenvalue weighted by molar-refractivity contribution is -0.274. The van der Waals surface area contributed by atoms with Crippen molar-refractivity contribution in [2.45, 2.75) is 39.0 Å². The van der Waals surface area contributed by atoms with E-state index in [1.807, 2.05) is 6.07 Å². The minimum absolute atomic E-state index is 0.138. The third kappa shape index (κ3) is 5.05. The third-order valence-electron chi connectivity index (χ3n) is 2.20. The van der Waals surface area contributed by atoms with Gasteiger partial charge in [0.05, 0.1) is 0 Å². The molecule has 0 N–H and O–H groups in total. The molecule has 1 nitrogen and oxygen atoms in total. The van der Waals surface area contributed by atoms with Gasteiger partial charge in [-0.25, -0.2) is 0 Å². The van der Waals surface area contributed by atoms with Crippen LogP contribution in [0.2, 0.25) is 0 Å². The van der Waals surface area contributed by atoms with Crippen LogP contribution in [0.4, 0.5) is 13.2 Å². The van der Waals surface area contributed by atoms with E-state index in [2.05, 4.69) is 11.7 Å². The molecule has 16 heavy (non-hydrogen) atoms. The van der Waals surface area contributed by atoms with Gasteiger partial charge in [-0.2, -0.15) is 0 Å². The summed E-state index contributed by atoms with van der Waals surface area (Å²) in [5.41, 5.74) is 0.884. The highest BCUT2D eigenvalue weighted by atomic mass is 19.4. The normalized spacial score (nSPS) is 11.5. The SMILES string of the molecule is CCCCCc1cccc(OC(F)(F)F)c1. The highest BCUT2D eigenvalue weighted by Crippen LogP contribution is 2.23. The highest BCUT2D eigenvalue weighted by Gasteiger charge is 2.30. The zero-order valence-corrected chi connectivity index (χ0v) is 9.18. The molecule has 0 amide bonds. The number of halogens is 3. The largest absolute Gasteiger partial charge is 0.573 e. The topological polar surface area (TPSA) is 9.23 Å². The minimum atomic E-state index is -4.61. The van der Waals surface area contributed by atoms with Crippen LogP contribution in [0.25, 0.3) is 0 Å². The van der Waals surface area contributed by atoms with E-state index in [1.165, 1.54) is 12.1 Å². The van der Waals surface area contributed by atoms with Crippen molar-refractivity contribution in [3.05, 3.63) is 29.8 Å². The van der Waals surface area contributed by atoms with Gasteiger partial charge in [0.2, 0.25) is 0 Å². The summed E-state index contributed by atoms with van der Waals surface area (Å²) < 4.78 is 39.7. The first-order valence-electron chi connectivity index (χ1n) is 5.36. The summed E-state index contributed by atoms with van der Waals surface area (Å²) in [6.45, 7) is 2.09. The van der Waals surface area contributed by atoms with E-state index in [1.54, 1.807) is 6.07 Å². The molecule has 0 unspecified atom stereocenters. The molecule has 0 aliphatic carbocycles. The van der Waals surface area contributed by atoms with E-state index >= 15 is 0 Å². The monoisotopic (exact) mass is 232 g/mol. The van der Waals surface area contributed by atoms with Gasteiger partial charge < -0.3 is 4.74 Å². The number of benzene rings is 1. The number of alkyl halides is 3. The second-order valence-corrected chi connectivity index (χ2v) is 3.65. The van der Waals surface area contributed by atoms with Gasteiger partial charge in [-0.1, -0.05) is 31.9 Å². The van der Waals surface area contributed by atoms with Gasteiger partial charge in [0.25, 0.3) is 0 Å². The second-order valence-electron chi connectivity index (χ2n) is 3.65. The van der Waals surface area contributed by atoms with Crippen LogP contribution in [-0.4, -0.2) is 6.36 Å². The van der Waals surface area contributed by atoms with Gasteiger partial charge in [-0.15, -0.1) is 13.2 Å². The van der Waals surface area contributed by atoms with Crippen LogP contribution in [0, 0.1) is 0 Å². The Hall–Kier alpha value is -1.19. The summed E-state index contributed by atoms with van der Waals surface area (Å²) >= 11 is 0. The number of hydrogen-bond donors (Lipinski definition) is 0. The predicted molar refractivity (Wildman–Crippen MR) is 56.4 cm³/mol. The fourth-order valence-corrected chi connectivity index (χ4v) is 1.48. The molecule has 0 spiro atoms. The molecule has 0 atom stereocenters. The number of aryl methyl sites for hydroxylation is 1. The summed E-state index contributed by atoms with van der Waals surface area (Å²) in [5, 5.41) is 0. The van der Waals surface area contributed by atoms with Crippen molar-refractivity contribution in [3.8, 4) is 5.75 Å². The molecule has 1 rings (SSSR count). The van der Waals surface area contributed by atoms with Crippen molar-refractivity contribution < 1.29 is 17.9 Å². The Bertz CT molecular complexity index is 320. The van der Waals surface area contributed by atoms with Crippen LogP contribution in [0.5, 0.6) is 5.75 Å². The van der Waals surface area contributed by atoms with E-state index in [4.69, 9.17) is 0 Å². The number of unbranched alkanes of at least 4 members (excludes halogenated alkanes) is 2. The molecular formula is C12H15F3O. The lowest BCUT2D eigenvalue weighted by atomic mass is 10.1. The highest BCUT2D eigenvalue weighted by molar-refractivity contribution is 5.28. The van der Waals surface area contributed by atoms with Crippen LogP contribution in [0.1, 0.15) is 31.7 Å². The first-order valence-corrected chi connectivity index (χ1v) is 5.36. The molecule has 1 aromatic rings. The molecule has 4 heteroatoms. The molecule has 0 aliphatic rings. The van der Waals surface area contributed by atoms with Crippen LogP contribution in [0.15, 0.2) is 24.3 Å². The van der Waals surface area contributed by atoms with Crippen molar-refractivity contribution in [3.63, 3.8) is 0 Å². The van der Waals surface area contributed by atoms with Gasteiger partial charge in [0, 0.05) is 0 Å². The van der Waals surface area contributed by atoms with Gasteiger partial charge in [-0.3, -0.25) is 0 Å². The second kappa shape index (κ2) is 5.77. The maximum absolute atomic E-state index is 12.0. The smallest absolute Gasteiger partial charge is 0.406 e. The summed E-state index contributed by atoms with van der Waals surface area (Å²) in [4.78, 5) is 0. The average molecular weight is 232 g/mol. The number of hydrogen-bond acceptors (Lipinski definition) is 1. The van der Waals surface area contributed by atoms with Gasteiger partial charge in [-0.05, 0) is 30.5 Å². The molecule has 0 bridgehead atoms. The first kappa shape index (κ1) is 12.9. The Morgan fingerprint density at radius 1 is 1.19 bits per heavy atom. The summed E-state index contributed by atoms with van der Waals surface area (Å²) in [6, 6.07) is 6.17. The van der Waals surface area contributed by atoms with E-state index in [0.717, 1.165) is 31.2 Å². The molecule has 90 valence electrons. The van der Waals surface area contributed by atoms with E-state index < -0.39 is 6.36 Å². The molecule has 0 radical (unpaired) electrons. The van der Waals surface area contributed by atoms with Crippen molar-refractivity contribution in [2.24, 2.45) is 0 Å². The molecule has 0 aliphatic heterocycles. The van der Waals surface area contributed by atoms with Crippen LogP contribution in [-0.2, 0) is 6.42 Å². The van der Waals surface area contributed by atoms with Gasteiger partial charge >= 0.3 is 6.36 Å². The molecule has 0 saturated heterocycles. The zero-order valence-electron chi connectivity index (χ0n) is 9.18. The summed E-state index contributed by atoms with van der Waals surface area (Å²) in [6.07, 6.45) is -0.639. The summed E-state index contributed by atoms with van der Waals surface area (Å²) in [5.74, 6) is -0.138. The van der Waals surface area contributed by atoms with Crippen LogP contribution >= 0.6 is 0 Å². The fourth-order valence-electron chi connectivity index (χ4n) is 1.48. The first-order chi connectivity index (χ1) is 7.51. The van der Waals surface area contributed by atoms with Crippen molar-refractivity contribution in [2.75, 3.05) is 0 Å². The Kier molecular flexibility index (Phi) is 4.65. The van der Waals surface area contributed by atoms with E-state index in [9.17, 15) is 13.2 Å². The Balaban J connectivity index is 2.57. The molecule has 1 aromatic carbocycles. The zero-order chi connectivity index (χ0) is 12.0. The fraction of sp³-hybridized carbons (Fsp3) is 0.500. The van der Waals surface area contributed by atoms with Crippen molar-refractivity contribution in [1.82, 2.24) is 0 Å². The lowest BCUT2D eigenvalue weighted by Gasteiger charge is -2.09. The molecule has 0 fully saturated rings. The van der Waals surface area contributed by atoms with Crippen molar-refractivity contribution in [1.29, 1.82) is 0 Å². The quantitative estimate of drug-likeness (QED) is 0.687. The summed E-state index contributed by atoms with van der Waals surface area (Å²) in [7, 11) is 0. The average Bonchev–Trinajstić information content (AvgIpc) is 2.16. The van der Waals surface area contributed by atoms with Crippen molar-refractivity contribution >= 4 is 0 Å². The maximum atomic E-state index is 12.0. The molecule has 0 saturated carbocycles. The maximum Gasteiger partial charge on any atom is 0.573 e. The van der Waals surface area contributed by atoms with Gasteiger partial charge in [0.15, 0.2) is 0 Å². The van der Waals surface area contributed by atoms with E-state index in [0.29, 0.717) is 0 Å². The lowest BCUT2D eigenvalue weighted by Crippen LogP contribution is -2.17. The Labute approximate surface area is 93.2 Å². The minimum Gasteiger partial charge on any atom is -0.406 e. The molecule has 0 heterocycles. The number of ether oxygens (including phenoxy) is 1.